The lowest BCUT2D eigenvalue weighted by molar-refractivity contribution is 0.174. The maximum Gasteiger partial charge on any atom is 0.162 e. The van der Waals surface area contributed by atoms with Gasteiger partial charge in [-0.3, -0.25) is 0 Å². The first kappa shape index (κ1) is 16.6. The summed E-state index contributed by atoms with van der Waals surface area (Å²) in [6.07, 6.45) is -0.555. The number of aliphatic hydroxyl groups excluding tert-OH is 1. The first-order chi connectivity index (χ1) is 10.7. The molecule has 1 unspecified atom stereocenters. The summed E-state index contributed by atoms with van der Waals surface area (Å²) in [7, 11) is 3.16. The van der Waals surface area contributed by atoms with Crippen molar-refractivity contribution >= 4 is 11.6 Å². The van der Waals surface area contributed by atoms with Crippen molar-refractivity contribution in [2.75, 3.05) is 20.8 Å². The summed E-state index contributed by atoms with van der Waals surface area (Å²) in [5.74, 6) is 1.23. The summed E-state index contributed by atoms with van der Waals surface area (Å²) in [4.78, 5) is 0. The zero-order chi connectivity index (χ0) is 15.9. The molecule has 2 aromatic carbocycles. The third kappa shape index (κ3) is 4.13. The molecule has 0 radical (unpaired) electrons. The Labute approximate surface area is 135 Å². The normalized spacial score (nSPS) is 12.0. The molecule has 0 amide bonds. The van der Waals surface area contributed by atoms with Crippen LogP contribution in [0.25, 0.3) is 0 Å². The van der Waals surface area contributed by atoms with Crippen LogP contribution in [0.1, 0.15) is 17.2 Å². The van der Waals surface area contributed by atoms with Crippen LogP contribution in [0.2, 0.25) is 5.02 Å². The molecule has 0 spiro atoms. The number of nitrogens with one attached hydrogen (secondary N) is 1. The number of hydrogen-bond donors (Lipinski definition) is 2. The Balaban J connectivity index is 1.97. The van der Waals surface area contributed by atoms with E-state index >= 15 is 0 Å². The molecular formula is C17H20ClNO3. The highest BCUT2D eigenvalue weighted by Gasteiger charge is 2.11. The SMILES string of the molecule is COc1cc(Cl)c(CNCC(O)c2ccccc2)cc1OC. The van der Waals surface area contributed by atoms with E-state index in [0.717, 1.165) is 11.1 Å². The van der Waals surface area contributed by atoms with Crippen LogP contribution >= 0.6 is 11.6 Å². The maximum atomic E-state index is 10.1. The van der Waals surface area contributed by atoms with Crippen molar-refractivity contribution in [1.82, 2.24) is 5.32 Å². The van der Waals surface area contributed by atoms with E-state index in [9.17, 15) is 5.11 Å². The summed E-state index contributed by atoms with van der Waals surface area (Å²) in [6, 6.07) is 13.1. The molecule has 2 rings (SSSR count). The minimum atomic E-state index is -0.555. The fourth-order valence-corrected chi connectivity index (χ4v) is 2.39. The average Bonchev–Trinajstić information content (AvgIpc) is 2.56. The fraction of sp³-hybridized carbons (Fsp3) is 0.294. The second-order valence-corrected chi connectivity index (χ2v) is 5.26. The zero-order valence-electron chi connectivity index (χ0n) is 12.7. The smallest absolute Gasteiger partial charge is 0.162 e. The fourth-order valence-electron chi connectivity index (χ4n) is 2.17. The van der Waals surface area contributed by atoms with E-state index in [4.69, 9.17) is 21.1 Å². The summed E-state index contributed by atoms with van der Waals surface area (Å²) >= 11 is 6.23. The van der Waals surface area contributed by atoms with Crippen LogP contribution in [0.4, 0.5) is 0 Å². The molecule has 0 fully saturated rings. The second kappa shape index (κ2) is 8.03. The zero-order valence-corrected chi connectivity index (χ0v) is 13.4. The van der Waals surface area contributed by atoms with Crippen molar-refractivity contribution in [2.24, 2.45) is 0 Å². The van der Waals surface area contributed by atoms with E-state index in [1.54, 1.807) is 20.3 Å². The molecule has 0 saturated heterocycles. The number of hydrogen-bond acceptors (Lipinski definition) is 4. The van der Waals surface area contributed by atoms with Gasteiger partial charge >= 0.3 is 0 Å². The second-order valence-electron chi connectivity index (χ2n) is 4.86. The summed E-state index contributed by atoms with van der Waals surface area (Å²) < 4.78 is 10.5. The molecular weight excluding hydrogens is 302 g/mol. The molecule has 0 bridgehead atoms. The molecule has 1 atom stereocenters. The lowest BCUT2D eigenvalue weighted by Crippen LogP contribution is -2.21. The highest BCUT2D eigenvalue weighted by Crippen LogP contribution is 2.33. The van der Waals surface area contributed by atoms with Gasteiger partial charge in [0.15, 0.2) is 11.5 Å². The Kier molecular flexibility index (Phi) is 6.07. The number of aliphatic hydroxyl groups is 1. The van der Waals surface area contributed by atoms with Gasteiger partial charge in [-0.2, -0.15) is 0 Å². The monoisotopic (exact) mass is 321 g/mol. The summed E-state index contributed by atoms with van der Waals surface area (Å²) in [5.41, 5.74) is 1.77. The largest absolute Gasteiger partial charge is 0.493 e. The topological polar surface area (TPSA) is 50.7 Å². The Morgan fingerprint density at radius 3 is 2.36 bits per heavy atom. The number of methoxy groups -OCH3 is 2. The minimum Gasteiger partial charge on any atom is -0.493 e. The van der Waals surface area contributed by atoms with E-state index in [1.807, 2.05) is 36.4 Å². The van der Waals surface area contributed by atoms with Crippen LogP contribution in [-0.4, -0.2) is 25.9 Å². The third-order valence-corrected chi connectivity index (χ3v) is 3.74. The molecule has 0 saturated carbocycles. The van der Waals surface area contributed by atoms with Gasteiger partial charge in [-0.05, 0) is 17.2 Å². The molecule has 0 aliphatic carbocycles. The van der Waals surface area contributed by atoms with Gasteiger partial charge in [0.1, 0.15) is 0 Å². The van der Waals surface area contributed by atoms with Crippen LogP contribution in [0.5, 0.6) is 11.5 Å². The van der Waals surface area contributed by atoms with E-state index in [-0.39, 0.29) is 0 Å². The standard InChI is InChI=1S/C17H20ClNO3/c1-21-16-8-13(14(18)9-17(16)22-2)10-19-11-15(20)12-6-4-3-5-7-12/h3-9,15,19-20H,10-11H2,1-2H3. The lowest BCUT2D eigenvalue weighted by Gasteiger charge is -2.14. The quantitative estimate of drug-likeness (QED) is 0.822. The van der Waals surface area contributed by atoms with E-state index in [1.165, 1.54) is 0 Å². The van der Waals surface area contributed by atoms with Gasteiger partial charge in [-0.25, -0.2) is 0 Å². The molecule has 22 heavy (non-hydrogen) atoms. The van der Waals surface area contributed by atoms with Gasteiger partial charge in [0, 0.05) is 24.2 Å². The van der Waals surface area contributed by atoms with E-state index in [2.05, 4.69) is 5.32 Å². The molecule has 5 heteroatoms. The van der Waals surface area contributed by atoms with Gasteiger partial charge in [0.2, 0.25) is 0 Å². The molecule has 0 aromatic heterocycles. The molecule has 0 aliphatic rings. The number of rotatable bonds is 7. The van der Waals surface area contributed by atoms with Crippen molar-refractivity contribution in [2.45, 2.75) is 12.6 Å². The highest BCUT2D eigenvalue weighted by molar-refractivity contribution is 6.31. The Morgan fingerprint density at radius 2 is 1.73 bits per heavy atom. The minimum absolute atomic E-state index is 0.439. The molecule has 2 aromatic rings. The molecule has 0 heterocycles. The Morgan fingerprint density at radius 1 is 1.09 bits per heavy atom. The van der Waals surface area contributed by atoms with Gasteiger partial charge in [0.25, 0.3) is 0 Å². The van der Waals surface area contributed by atoms with Gasteiger partial charge in [-0.15, -0.1) is 0 Å². The van der Waals surface area contributed by atoms with Crippen molar-refractivity contribution in [3.05, 3.63) is 58.6 Å². The van der Waals surface area contributed by atoms with Crippen molar-refractivity contribution in [1.29, 1.82) is 0 Å². The van der Waals surface area contributed by atoms with Gasteiger partial charge in [-0.1, -0.05) is 41.9 Å². The van der Waals surface area contributed by atoms with Crippen molar-refractivity contribution in [3.63, 3.8) is 0 Å². The number of benzene rings is 2. The van der Waals surface area contributed by atoms with Crippen LogP contribution in [-0.2, 0) is 6.54 Å². The van der Waals surface area contributed by atoms with Crippen LogP contribution < -0.4 is 14.8 Å². The predicted octanol–water partition coefficient (Wildman–Crippen LogP) is 3.18. The van der Waals surface area contributed by atoms with Crippen molar-refractivity contribution < 1.29 is 14.6 Å². The maximum absolute atomic E-state index is 10.1. The number of ether oxygens (including phenoxy) is 2. The highest BCUT2D eigenvalue weighted by atomic mass is 35.5. The van der Waals surface area contributed by atoms with Crippen LogP contribution in [0, 0.1) is 0 Å². The van der Waals surface area contributed by atoms with Crippen molar-refractivity contribution in [3.8, 4) is 11.5 Å². The average molecular weight is 322 g/mol. The third-order valence-electron chi connectivity index (χ3n) is 3.39. The van der Waals surface area contributed by atoms with E-state index in [0.29, 0.717) is 29.6 Å². The number of halogens is 1. The van der Waals surface area contributed by atoms with Gasteiger partial charge in [0.05, 0.1) is 20.3 Å². The van der Waals surface area contributed by atoms with Crippen LogP contribution in [0.15, 0.2) is 42.5 Å². The molecule has 4 nitrogen and oxygen atoms in total. The first-order valence-electron chi connectivity index (χ1n) is 6.99. The molecule has 2 N–H and O–H groups in total. The molecule has 0 aliphatic heterocycles. The lowest BCUT2D eigenvalue weighted by atomic mass is 10.1. The first-order valence-corrected chi connectivity index (χ1v) is 7.37. The summed E-state index contributed by atoms with van der Waals surface area (Å²) in [6.45, 7) is 0.970. The Bertz CT molecular complexity index is 604. The Hall–Kier alpha value is -1.75. The molecule has 118 valence electrons. The summed E-state index contributed by atoms with van der Waals surface area (Å²) in [5, 5.41) is 13.9. The predicted molar refractivity (Wildman–Crippen MR) is 87.7 cm³/mol. The van der Waals surface area contributed by atoms with Crippen LogP contribution in [0.3, 0.4) is 0 Å². The van der Waals surface area contributed by atoms with Gasteiger partial charge < -0.3 is 19.9 Å². The van der Waals surface area contributed by atoms with E-state index < -0.39 is 6.10 Å².